The molecule has 0 saturated carbocycles. The van der Waals surface area contributed by atoms with E-state index in [1.165, 1.54) is 25.2 Å². The standard InChI is InChI=1S/C8H9NO5S/c1-9(14-15(12)13)7-5-3-2-4-6(7)8(10)11/h2-5,15H,1H3,(H,10,11). The lowest BCUT2D eigenvalue weighted by Gasteiger charge is -2.15. The van der Waals surface area contributed by atoms with Crippen molar-refractivity contribution < 1.29 is 22.6 Å². The van der Waals surface area contributed by atoms with Crippen molar-refractivity contribution in [2.24, 2.45) is 0 Å². The largest absolute Gasteiger partial charge is 0.478 e. The van der Waals surface area contributed by atoms with Gasteiger partial charge in [-0.05, 0) is 12.1 Å². The molecule has 0 radical (unpaired) electrons. The molecule has 0 heterocycles. The molecule has 6 nitrogen and oxygen atoms in total. The third-order valence-corrected chi connectivity index (χ3v) is 2.04. The van der Waals surface area contributed by atoms with Crippen molar-refractivity contribution in [3.05, 3.63) is 29.8 Å². The minimum atomic E-state index is -3.06. The minimum absolute atomic E-state index is 0.0307. The van der Waals surface area contributed by atoms with Gasteiger partial charge in [-0.25, -0.2) is 18.3 Å². The van der Waals surface area contributed by atoms with E-state index in [4.69, 9.17) is 5.11 Å². The van der Waals surface area contributed by atoms with Crippen LogP contribution in [0.2, 0.25) is 0 Å². The first kappa shape index (κ1) is 11.5. The molecule has 0 saturated heterocycles. The predicted molar refractivity (Wildman–Crippen MR) is 53.2 cm³/mol. The summed E-state index contributed by atoms with van der Waals surface area (Å²) in [6, 6.07) is 5.93. The molecule has 0 unspecified atom stereocenters. The Hall–Kier alpha value is -1.60. The maximum absolute atomic E-state index is 10.8. The van der Waals surface area contributed by atoms with E-state index in [2.05, 4.69) is 4.28 Å². The van der Waals surface area contributed by atoms with E-state index in [1.807, 2.05) is 0 Å². The highest BCUT2D eigenvalue weighted by Crippen LogP contribution is 2.19. The number of hydrogen-bond donors (Lipinski definition) is 2. The summed E-state index contributed by atoms with van der Waals surface area (Å²) < 4.78 is 24.9. The molecular weight excluding hydrogens is 222 g/mol. The van der Waals surface area contributed by atoms with Gasteiger partial charge in [-0.2, -0.15) is 4.28 Å². The van der Waals surface area contributed by atoms with Gasteiger partial charge in [0.15, 0.2) is 0 Å². The van der Waals surface area contributed by atoms with Gasteiger partial charge < -0.3 is 5.11 Å². The summed E-state index contributed by atoms with van der Waals surface area (Å²) in [5.41, 5.74) is 0.140. The Bertz CT molecular complexity index is 434. The highest BCUT2D eigenvalue weighted by atomic mass is 32.2. The van der Waals surface area contributed by atoms with Crippen LogP contribution in [0.3, 0.4) is 0 Å². The van der Waals surface area contributed by atoms with Gasteiger partial charge >= 0.3 is 5.97 Å². The second-order valence-electron chi connectivity index (χ2n) is 2.63. The van der Waals surface area contributed by atoms with Gasteiger partial charge in [0.2, 0.25) is 0 Å². The number of nitrogens with zero attached hydrogens (tertiary/aromatic N) is 1. The average molecular weight is 231 g/mol. The van der Waals surface area contributed by atoms with Crippen LogP contribution < -0.4 is 5.06 Å². The Morgan fingerprint density at radius 2 is 2.00 bits per heavy atom. The van der Waals surface area contributed by atoms with Gasteiger partial charge in [0.05, 0.1) is 11.3 Å². The van der Waals surface area contributed by atoms with E-state index in [0.29, 0.717) is 0 Å². The molecule has 0 aromatic heterocycles. The van der Waals surface area contributed by atoms with Crippen LogP contribution in [-0.2, 0) is 15.3 Å². The van der Waals surface area contributed by atoms with Gasteiger partial charge in [-0.3, -0.25) is 0 Å². The molecule has 1 rings (SSSR count). The quantitative estimate of drug-likeness (QED) is 0.572. The maximum atomic E-state index is 10.8. The number of carboxylic acids is 1. The first-order valence-corrected chi connectivity index (χ1v) is 5.00. The minimum Gasteiger partial charge on any atom is -0.478 e. The number of rotatable bonds is 4. The zero-order valence-corrected chi connectivity index (χ0v) is 8.68. The maximum Gasteiger partial charge on any atom is 0.337 e. The lowest BCUT2D eigenvalue weighted by Crippen LogP contribution is -2.19. The van der Waals surface area contributed by atoms with E-state index in [0.717, 1.165) is 5.06 Å². The SMILES string of the molecule is CN(O[SH](=O)=O)c1ccccc1C(=O)O. The number of para-hydroxylation sites is 1. The molecule has 1 aromatic rings. The molecule has 0 spiro atoms. The smallest absolute Gasteiger partial charge is 0.337 e. The second-order valence-corrected chi connectivity index (χ2v) is 3.24. The number of carboxylic acid groups (broad SMARTS) is 1. The van der Waals surface area contributed by atoms with Crippen molar-refractivity contribution in [2.45, 2.75) is 0 Å². The highest BCUT2D eigenvalue weighted by Gasteiger charge is 2.13. The lowest BCUT2D eigenvalue weighted by molar-refractivity contribution is 0.0696. The fraction of sp³-hybridized carbons (Fsp3) is 0.125. The summed E-state index contributed by atoms with van der Waals surface area (Å²) in [6.45, 7) is 0. The third-order valence-electron chi connectivity index (χ3n) is 1.66. The van der Waals surface area contributed by atoms with Crippen LogP contribution in [0.1, 0.15) is 10.4 Å². The van der Waals surface area contributed by atoms with Crippen LogP contribution >= 0.6 is 0 Å². The fourth-order valence-corrected chi connectivity index (χ4v) is 1.36. The number of aromatic carboxylic acids is 1. The molecular formula is C8H9NO5S. The summed E-state index contributed by atoms with van der Waals surface area (Å²) in [5.74, 6) is -1.15. The van der Waals surface area contributed by atoms with Crippen LogP contribution in [0.4, 0.5) is 5.69 Å². The Labute approximate surface area is 87.8 Å². The Balaban J connectivity index is 3.07. The molecule has 1 N–H and O–H groups in total. The normalized spacial score (nSPS) is 10.3. The zero-order chi connectivity index (χ0) is 11.4. The highest BCUT2D eigenvalue weighted by molar-refractivity contribution is 7.67. The molecule has 0 aliphatic rings. The van der Waals surface area contributed by atoms with Crippen molar-refractivity contribution in [1.82, 2.24) is 0 Å². The van der Waals surface area contributed by atoms with E-state index in [-0.39, 0.29) is 11.3 Å². The summed E-state index contributed by atoms with van der Waals surface area (Å²) in [6.07, 6.45) is 0. The second kappa shape index (κ2) is 4.76. The first-order valence-electron chi connectivity index (χ1n) is 3.91. The molecule has 0 fully saturated rings. The Morgan fingerprint density at radius 3 is 2.53 bits per heavy atom. The number of benzene rings is 1. The summed E-state index contributed by atoms with van der Waals surface area (Å²) in [5, 5.41) is 9.70. The number of hydroxylamine groups is 1. The van der Waals surface area contributed by atoms with Gasteiger partial charge in [0.1, 0.15) is 0 Å². The van der Waals surface area contributed by atoms with Crippen LogP contribution in [0, 0.1) is 0 Å². The van der Waals surface area contributed by atoms with Gasteiger partial charge in [-0.1, -0.05) is 12.1 Å². The molecule has 15 heavy (non-hydrogen) atoms. The van der Waals surface area contributed by atoms with Crippen molar-refractivity contribution in [3.8, 4) is 0 Å². The predicted octanol–water partition coefficient (Wildman–Crippen LogP) is 0.279. The third kappa shape index (κ3) is 2.93. The summed E-state index contributed by atoms with van der Waals surface area (Å²) in [7, 11) is -1.75. The Morgan fingerprint density at radius 1 is 1.40 bits per heavy atom. The van der Waals surface area contributed by atoms with E-state index < -0.39 is 17.0 Å². The summed E-state index contributed by atoms with van der Waals surface area (Å²) in [4.78, 5) is 10.8. The van der Waals surface area contributed by atoms with Gasteiger partial charge in [0, 0.05) is 7.05 Å². The van der Waals surface area contributed by atoms with Crippen LogP contribution in [0.15, 0.2) is 24.3 Å². The lowest BCUT2D eigenvalue weighted by atomic mass is 10.2. The first-order chi connectivity index (χ1) is 7.02. The van der Waals surface area contributed by atoms with Crippen molar-refractivity contribution >= 4 is 22.6 Å². The monoisotopic (exact) mass is 231 g/mol. The number of carbonyl (C=O) groups is 1. The van der Waals surface area contributed by atoms with E-state index in [1.54, 1.807) is 6.07 Å². The van der Waals surface area contributed by atoms with Gasteiger partial charge in [-0.15, -0.1) is 0 Å². The molecule has 1 aromatic carbocycles. The molecule has 7 heteroatoms. The molecule has 82 valence electrons. The Kier molecular flexibility index (Phi) is 3.64. The fourth-order valence-electron chi connectivity index (χ4n) is 1.07. The number of anilines is 1. The molecule has 0 atom stereocenters. The van der Waals surface area contributed by atoms with E-state index in [9.17, 15) is 13.2 Å². The molecule has 0 amide bonds. The van der Waals surface area contributed by atoms with Crippen LogP contribution in [0.5, 0.6) is 0 Å². The van der Waals surface area contributed by atoms with E-state index >= 15 is 0 Å². The van der Waals surface area contributed by atoms with Crippen LogP contribution in [-0.4, -0.2) is 26.5 Å². The number of hydrogen-bond acceptors (Lipinski definition) is 5. The van der Waals surface area contributed by atoms with Crippen molar-refractivity contribution in [3.63, 3.8) is 0 Å². The topological polar surface area (TPSA) is 83.9 Å². The van der Waals surface area contributed by atoms with Crippen molar-refractivity contribution in [1.29, 1.82) is 0 Å². The van der Waals surface area contributed by atoms with Gasteiger partial charge in [0.25, 0.3) is 11.0 Å². The zero-order valence-electron chi connectivity index (χ0n) is 7.78. The molecule has 0 bridgehead atoms. The van der Waals surface area contributed by atoms with Crippen molar-refractivity contribution in [2.75, 3.05) is 12.1 Å². The number of thiol groups is 1. The average Bonchev–Trinajstić information content (AvgIpc) is 2.16. The van der Waals surface area contributed by atoms with Crippen LogP contribution in [0.25, 0.3) is 0 Å². The summed E-state index contributed by atoms with van der Waals surface area (Å²) >= 11 is 0. The molecule has 0 aliphatic carbocycles. The molecule has 0 aliphatic heterocycles.